The van der Waals surface area contributed by atoms with Crippen LogP contribution in [-0.2, 0) is 19.1 Å². The Morgan fingerprint density at radius 3 is 1.25 bits per heavy atom. The van der Waals surface area contributed by atoms with E-state index in [2.05, 4.69) is 20.8 Å². The van der Waals surface area contributed by atoms with Crippen LogP contribution in [-0.4, -0.2) is 31.2 Å². The summed E-state index contributed by atoms with van der Waals surface area (Å²) in [6.07, 6.45) is 34.8. The molecule has 0 aromatic heterocycles. The van der Waals surface area contributed by atoms with E-state index >= 15 is 0 Å². The lowest BCUT2D eigenvalue weighted by molar-refractivity contribution is -0.144. The summed E-state index contributed by atoms with van der Waals surface area (Å²) < 4.78 is 10.9. The van der Waals surface area contributed by atoms with Crippen molar-refractivity contribution in [2.45, 2.75) is 219 Å². The molecule has 0 fully saturated rings. The van der Waals surface area contributed by atoms with E-state index in [-0.39, 0.29) is 11.9 Å². The van der Waals surface area contributed by atoms with Gasteiger partial charge in [0.2, 0.25) is 0 Å². The summed E-state index contributed by atoms with van der Waals surface area (Å²) in [6, 6.07) is 0.306. The molecule has 0 heterocycles. The first-order valence-electron chi connectivity index (χ1n) is 19.6. The third-order valence-electron chi connectivity index (χ3n) is 9.12. The van der Waals surface area contributed by atoms with E-state index < -0.39 is 0 Å². The average Bonchev–Trinajstić information content (AvgIpc) is 3.02. The van der Waals surface area contributed by atoms with Gasteiger partial charge in [-0.2, -0.15) is 0 Å². The lowest BCUT2D eigenvalue weighted by atomic mass is 9.91. The standard InChI is InChI=1S/C39H77NO4/c1-4-7-10-11-12-19-25-34-43-38(41)32-22-17-13-15-20-30-37(40)31-21-16-14-18-23-33-39(42)44-35-26-24-29-36(27-8-5-2)28-9-6-3/h36-37H,4-35,40H2,1-3H3. The fourth-order valence-corrected chi connectivity index (χ4v) is 6.09. The van der Waals surface area contributed by atoms with Gasteiger partial charge >= 0.3 is 11.9 Å². The van der Waals surface area contributed by atoms with Crippen molar-refractivity contribution in [1.82, 2.24) is 0 Å². The molecule has 0 aliphatic rings. The van der Waals surface area contributed by atoms with E-state index in [0.29, 0.717) is 32.1 Å². The van der Waals surface area contributed by atoms with Crippen LogP contribution >= 0.6 is 0 Å². The molecule has 0 aliphatic carbocycles. The van der Waals surface area contributed by atoms with Gasteiger partial charge in [-0.15, -0.1) is 0 Å². The number of carbonyl (C=O) groups is 2. The van der Waals surface area contributed by atoms with Crippen molar-refractivity contribution in [3.05, 3.63) is 0 Å². The van der Waals surface area contributed by atoms with Crippen molar-refractivity contribution in [3.8, 4) is 0 Å². The van der Waals surface area contributed by atoms with Crippen molar-refractivity contribution >= 4 is 11.9 Å². The highest BCUT2D eigenvalue weighted by molar-refractivity contribution is 5.69. The van der Waals surface area contributed by atoms with Gasteiger partial charge in [0.25, 0.3) is 0 Å². The number of nitrogens with two attached hydrogens (primary N) is 1. The summed E-state index contributed by atoms with van der Waals surface area (Å²) in [5, 5.41) is 0. The van der Waals surface area contributed by atoms with E-state index in [1.807, 2.05) is 0 Å². The van der Waals surface area contributed by atoms with Gasteiger partial charge in [0.15, 0.2) is 0 Å². The number of unbranched alkanes of at least 4 members (excludes halogenated alkanes) is 17. The van der Waals surface area contributed by atoms with Crippen LogP contribution in [0.25, 0.3) is 0 Å². The fraction of sp³-hybridized carbons (Fsp3) is 0.949. The molecule has 2 N–H and O–H groups in total. The zero-order valence-electron chi connectivity index (χ0n) is 30.0. The third-order valence-corrected chi connectivity index (χ3v) is 9.12. The van der Waals surface area contributed by atoms with Crippen LogP contribution in [0.1, 0.15) is 213 Å². The van der Waals surface area contributed by atoms with Gasteiger partial charge in [0.1, 0.15) is 0 Å². The van der Waals surface area contributed by atoms with Crippen LogP contribution in [0.2, 0.25) is 0 Å². The summed E-state index contributed by atoms with van der Waals surface area (Å²) >= 11 is 0. The molecule has 0 spiro atoms. The van der Waals surface area contributed by atoms with E-state index in [1.165, 1.54) is 128 Å². The Balaban J connectivity index is 3.46. The topological polar surface area (TPSA) is 78.6 Å². The first kappa shape index (κ1) is 42.9. The Bertz CT molecular complexity index is 603. The Hall–Kier alpha value is -1.10. The lowest BCUT2D eigenvalue weighted by Crippen LogP contribution is -2.19. The van der Waals surface area contributed by atoms with Crippen LogP contribution in [0.5, 0.6) is 0 Å². The molecule has 0 saturated carbocycles. The second-order valence-electron chi connectivity index (χ2n) is 13.6. The van der Waals surface area contributed by atoms with E-state index in [0.717, 1.165) is 57.3 Å². The highest BCUT2D eigenvalue weighted by atomic mass is 16.5. The SMILES string of the molecule is CCCCCCCCCOC(=O)CCCCCCCC(N)CCCCCCCC(=O)OCCCCC(CCCC)CCCC. The number of ether oxygens (including phenoxy) is 2. The van der Waals surface area contributed by atoms with Crippen molar-refractivity contribution in [2.75, 3.05) is 13.2 Å². The predicted octanol–water partition coefficient (Wildman–Crippen LogP) is 11.8. The summed E-state index contributed by atoms with van der Waals surface area (Å²) in [6.45, 7) is 7.99. The number of hydrogen-bond donors (Lipinski definition) is 1. The maximum Gasteiger partial charge on any atom is 0.305 e. The molecule has 0 saturated heterocycles. The number of esters is 2. The second kappa shape index (κ2) is 34.8. The van der Waals surface area contributed by atoms with Crippen LogP contribution in [0.15, 0.2) is 0 Å². The molecule has 44 heavy (non-hydrogen) atoms. The second-order valence-corrected chi connectivity index (χ2v) is 13.6. The van der Waals surface area contributed by atoms with Crippen LogP contribution in [0.4, 0.5) is 0 Å². The quantitative estimate of drug-likeness (QED) is 0.0561. The largest absolute Gasteiger partial charge is 0.466 e. The first-order valence-corrected chi connectivity index (χ1v) is 19.6. The minimum Gasteiger partial charge on any atom is -0.466 e. The molecule has 262 valence electrons. The zero-order chi connectivity index (χ0) is 32.4. The molecular formula is C39H77NO4. The normalized spacial score (nSPS) is 12.1. The minimum atomic E-state index is -0.0209. The first-order chi connectivity index (χ1) is 21.5. The highest BCUT2D eigenvalue weighted by Crippen LogP contribution is 2.22. The van der Waals surface area contributed by atoms with Crippen LogP contribution in [0.3, 0.4) is 0 Å². The van der Waals surface area contributed by atoms with Gasteiger partial charge in [-0.25, -0.2) is 0 Å². The van der Waals surface area contributed by atoms with Crippen LogP contribution in [0, 0.1) is 5.92 Å². The summed E-state index contributed by atoms with van der Waals surface area (Å²) in [5.41, 5.74) is 6.34. The number of rotatable bonds is 35. The summed E-state index contributed by atoms with van der Waals surface area (Å²) in [5.74, 6) is 0.830. The maximum atomic E-state index is 12.0. The molecule has 5 heteroatoms. The Morgan fingerprint density at radius 2 is 0.773 bits per heavy atom. The number of hydrogen-bond acceptors (Lipinski definition) is 5. The molecular weight excluding hydrogens is 546 g/mol. The molecule has 0 bridgehead atoms. The van der Waals surface area contributed by atoms with Crippen molar-refractivity contribution < 1.29 is 19.1 Å². The smallest absolute Gasteiger partial charge is 0.305 e. The lowest BCUT2D eigenvalue weighted by Gasteiger charge is -2.16. The molecule has 5 nitrogen and oxygen atoms in total. The third kappa shape index (κ3) is 32.3. The highest BCUT2D eigenvalue weighted by Gasteiger charge is 2.09. The van der Waals surface area contributed by atoms with E-state index in [9.17, 15) is 9.59 Å². The van der Waals surface area contributed by atoms with Gasteiger partial charge in [-0.05, 0) is 50.9 Å². The fourth-order valence-electron chi connectivity index (χ4n) is 6.09. The number of carbonyl (C=O) groups excluding carboxylic acids is 2. The molecule has 0 radical (unpaired) electrons. The average molecular weight is 624 g/mol. The maximum absolute atomic E-state index is 12.0. The molecule has 1 unspecified atom stereocenters. The Labute approximate surface area is 274 Å². The predicted molar refractivity (Wildman–Crippen MR) is 189 cm³/mol. The molecule has 0 rings (SSSR count). The van der Waals surface area contributed by atoms with Gasteiger partial charge < -0.3 is 15.2 Å². The van der Waals surface area contributed by atoms with Crippen molar-refractivity contribution in [2.24, 2.45) is 11.7 Å². The van der Waals surface area contributed by atoms with Gasteiger partial charge in [0.05, 0.1) is 13.2 Å². The molecule has 0 aromatic carbocycles. The van der Waals surface area contributed by atoms with Gasteiger partial charge in [-0.3, -0.25) is 9.59 Å². The summed E-state index contributed by atoms with van der Waals surface area (Å²) in [7, 11) is 0. The molecule has 1 atom stereocenters. The van der Waals surface area contributed by atoms with Crippen molar-refractivity contribution in [3.63, 3.8) is 0 Å². The Kier molecular flexibility index (Phi) is 33.9. The van der Waals surface area contributed by atoms with Crippen LogP contribution < -0.4 is 5.73 Å². The van der Waals surface area contributed by atoms with E-state index in [4.69, 9.17) is 15.2 Å². The molecule has 0 amide bonds. The van der Waals surface area contributed by atoms with Gasteiger partial charge in [0, 0.05) is 18.9 Å². The molecule has 0 aliphatic heterocycles. The summed E-state index contributed by atoms with van der Waals surface area (Å²) in [4.78, 5) is 23.9. The van der Waals surface area contributed by atoms with Gasteiger partial charge in [-0.1, -0.05) is 156 Å². The minimum absolute atomic E-state index is 0.0146. The van der Waals surface area contributed by atoms with Crippen molar-refractivity contribution in [1.29, 1.82) is 0 Å². The monoisotopic (exact) mass is 624 g/mol. The zero-order valence-corrected chi connectivity index (χ0v) is 30.0. The Morgan fingerprint density at radius 1 is 0.432 bits per heavy atom. The van der Waals surface area contributed by atoms with E-state index in [1.54, 1.807) is 0 Å². The molecule has 0 aromatic rings.